The zero-order valence-electron chi connectivity index (χ0n) is 9.14. The lowest BCUT2D eigenvalue weighted by molar-refractivity contribution is 0.474. The topological polar surface area (TPSA) is 52.8 Å². The molecule has 3 nitrogen and oxygen atoms in total. The van der Waals surface area contributed by atoms with Crippen LogP contribution < -0.4 is 0 Å². The number of hydrogen-bond donors (Lipinski definition) is 2. The van der Waals surface area contributed by atoms with Gasteiger partial charge in [-0.05, 0) is 36.4 Å². The second-order valence-corrected chi connectivity index (χ2v) is 4.95. The van der Waals surface area contributed by atoms with Gasteiger partial charge in [-0.15, -0.1) is 0 Å². The van der Waals surface area contributed by atoms with E-state index in [0.717, 1.165) is 4.47 Å². The molecule has 0 aliphatic heterocycles. The molecule has 0 unspecified atom stereocenters. The maximum absolute atomic E-state index is 9.64. The minimum absolute atomic E-state index is 0.0325. The average molecular weight is 327 g/mol. The molecule has 5 heteroatoms. The molecule has 0 aromatic heterocycles. The van der Waals surface area contributed by atoms with Crippen molar-refractivity contribution in [3.8, 4) is 11.5 Å². The summed E-state index contributed by atoms with van der Waals surface area (Å²) in [5, 5.41) is 19.7. The van der Waals surface area contributed by atoms with E-state index in [-0.39, 0.29) is 11.5 Å². The van der Waals surface area contributed by atoms with Gasteiger partial charge in [0.05, 0.1) is 0 Å². The standard InChI is InChI=1S/C13H9BrClNO2/c14-9-1-3-12(17)8(5-9)7-16-11-6-10(15)2-4-13(11)18/h1-7,17-18H. The number of benzene rings is 2. The van der Waals surface area contributed by atoms with E-state index < -0.39 is 0 Å². The van der Waals surface area contributed by atoms with Crippen LogP contribution in [0.15, 0.2) is 45.9 Å². The van der Waals surface area contributed by atoms with Crippen molar-refractivity contribution in [1.29, 1.82) is 0 Å². The molecule has 92 valence electrons. The number of aliphatic imine (C=N–C) groups is 1. The molecule has 0 atom stereocenters. The van der Waals surface area contributed by atoms with Crippen LogP contribution >= 0.6 is 27.5 Å². The van der Waals surface area contributed by atoms with E-state index in [4.69, 9.17) is 11.6 Å². The van der Waals surface area contributed by atoms with Crippen molar-refractivity contribution in [2.45, 2.75) is 0 Å². The number of nitrogens with zero attached hydrogens (tertiary/aromatic N) is 1. The number of rotatable bonds is 2. The van der Waals surface area contributed by atoms with Crippen molar-refractivity contribution in [2.75, 3.05) is 0 Å². The fraction of sp³-hybridized carbons (Fsp3) is 0. The molecule has 2 rings (SSSR count). The van der Waals surface area contributed by atoms with E-state index in [1.165, 1.54) is 12.3 Å². The maximum Gasteiger partial charge on any atom is 0.141 e. The summed E-state index contributed by atoms with van der Waals surface area (Å²) in [7, 11) is 0. The van der Waals surface area contributed by atoms with Crippen LogP contribution in [0.5, 0.6) is 11.5 Å². The van der Waals surface area contributed by atoms with Gasteiger partial charge in [0.25, 0.3) is 0 Å². The van der Waals surface area contributed by atoms with Crippen LogP contribution in [0.4, 0.5) is 5.69 Å². The molecule has 0 fully saturated rings. The Balaban J connectivity index is 2.35. The summed E-state index contributed by atoms with van der Waals surface area (Å²) in [5.41, 5.74) is 0.894. The summed E-state index contributed by atoms with van der Waals surface area (Å²) in [5.74, 6) is 0.147. The van der Waals surface area contributed by atoms with Gasteiger partial charge >= 0.3 is 0 Å². The minimum Gasteiger partial charge on any atom is -0.507 e. The largest absolute Gasteiger partial charge is 0.507 e. The van der Waals surface area contributed by atoms with Crippen LogP contribution in [0.1, 0.15) is 5.56 Å². The Morgan fingerprint density at radius 2 is 1.78 bits per heavy atom. The van der Waals surface area contributed by atoms with Gasteiger partial charge in [-0.3, -0.25) is 4.99 Å². The summed E-state index contributed by atoms with van der Waals surface area (Å²) < 4.78 is 0.831. The van der Waals surface area contributed by atoms with E-state index in [9.17, 15) is 10.2 Å². The quantitative estimate of drug-likeness (QED) is 0.810. The van der Waals surface area contributed by atoms with Crippen molar-refractivity contribution in [3.63, 3.8) is 0 Å². The lowest BCUT2D eigenvalue weighted by atomic mass is 10.2. The van der Waals surface area contributed by atoms with Crippen molar-refractivity contribution < 1.29 is 10.2 Å². The number of halogens is 2. The first kappa shape index (κ1) is 12.9. The zero-order valence-corrected chi connectivity index (χ0v) is 11.5. The Morgan fingerprint density at radius 3 is 2.56 bits per heavy atom. The van der Waals surface area contributed by atoms with Crippen LogP contribution in [0.2, 0.25) is 5.02 Å². The minimum atomic E-state index is 0.0325. The van der Waals surface area contributed by atoms with E-state index >= 15 is 0 Å². The van der Waals surface area contributed by atoms with Crippen molar-refractivity contribution >= 4 is 39.4 Å². The number of aromatic hydroxyl groups is 2. The number of phenolic OH excluding ortho intramolecular Hbond substituents is 2. The molecule has 2 N–H and O–H groups in total. The second-order valence-electron chi connectivity index (χ2n) is 3.59. The van der Waals surface area contributed by atoms with Crippen molar-refractivity contribution in [2.24, 2.45) is 4.99 Å². The van der Waals surface area contributed by atoms with Crippen LogP contribution in [0.3, 0.4) is 0 Å². The van der Waals surface area contributed by atoms with Gasteiger partial charge in [0.15, 0.2) is 0 Å². The average Bonchev–Trinajstić information content (AvgIpc) is 2.34. The van der Waals surface area contributed by atoms with Crippen molar-refractivity contribution in [3.05, 3.63) is 51.5 Å². The predicted molar refractivity (Wildman–Crippen MR) is 76.2 cm³/mol. The maximum atomic E-state index is 9.64. The molecule has 2 aromatic rings. The van der Waals surface area contributed by atoms with Gasteiger partial charge < -0.3 is 10.2 Å². The first-order chi connectivity index (χ1) is 8.56. The van der Waals surface area contributed by atoms with E-state index in [1.54, 1.807) is 30.3 Å². The molecule has 0 aliphatic rings. The highest BCUT2D eigenvalue weighted by Gasteiger charge is 2.02. The normalized spacial score (nSPS) is 11.0. The molecule has 0 aliphatic carbocycles. The SMILES string of the molecule is Oc1ccc(Br)cc1C=Nc1cc(Cl)ccc1O. The molecule has 18 heavy (non-hydrogen) atoms. The first-order valence-electron chi connectivity index (χ1n) is 5.07. The summed E-state index contributed by atoms with van der Waals surface area (Å²) in [6, 6.07) is 9.60. The van der Waals surface area contributed by atoms with E-state index in [1.807, 2.05) is 0 Å². The monoisotopic (exact) mass is 325 g/mol. The highest BCUT2D eigenvalue weighted by atomic mass is 79.9. The van der Waals surface area contributed by atoms with Gasteiger partial charge in [0.1, 0.15) is 17.2 Å². The predicted octanol–water partition coefficient (Wildman–Crippen LogP) is 4.26. The molecule has 0 saturated carbocycles. The third kappa shape index (κ3) is 3.03. The van der Waals surface area contributed by atoms with Gasteiger partial charge in [-0.1, -0.05) is 27.5 Å². The molecule has 0 amide bonds. The Bertz CT molecular complexity index is 560. The molecule has 0 bridgehead atoms. The molecule has 0 spiro atoms. The van der Waals surface area contributed by atoms with E-state index in [2.05, 4.69) is 20.9 Å². The summed E-state index contributed by atoms with van der Waals surface area (Å²) in [4.78, 5) is 4.10. The van der Waals surface area contributed by atoms with Crippen LogP contribution in [-0.4, -0.2) is 16.4 Å². The van der Waals surface area contributed by atoms with Gasteiger partial charge in [-0.25, -0.2) is 0 Å². The Hall–Kier alpha value is -1.52. The smallest absolute Gasteiger partial charge is 0.141 e. The molecule has 0 heterocycles. The Kier molecular flexibility index (Phi) is 3.89. The number of phenols is 2. The fourth-order valence-corrected chi connectivity index (χ4v) is 1.91. The second kappa shape index (κ2) is 5.42. The van der Waals surface area contributed by atoms with Crippen LogP contribution in [-0.2, 0) is 0 Å². The third-order valence-electron chi connectivity index (χ3n) is 2.27. The zero-order chi connectivity index (χ0) is 13.1. The van der Waals surface area contributed by atoms with E-state index in [0.29, 0.717) is 16.3 Å². The third-order valence-corrected chi connectivity index (χ3v) is 3.00. The molecule has 0 saturated heterocycles. The molecular formula is C13H9BrClNO2. The highest BCUT2D eigenvalue weighted by Crippen LogP contribution is 2.29. The highest BCUT2D eigenvalue weighted by molar-refractivity contribution is 9.10. The first-order valence-corrected chi connectivity index (χ1v) is 6.24. The Labute approximate surface area is 118 Å². The lowest BCUT2D eigenvalue weighted by Gasteiger charge is -2.01. The number of hydrogen-bond acceptors (Lipinski definition) is 3. The summed E-state index contributed by atoms with van der Waals surface area (Å²) >= 11 is 9.12. The molecule has 0 radical (unpaired) electrons. The van der Waals surface area contributed by atoms with Crippen LogP contribution in [0, 0.1) is 0 Å². The fourth-order valence-electron chi connectivity index (χ4n) is 1.37. The van der Waals surface area contributed by atoms with Gasteiger partial charge in [0, 0.05) is 21.3 Å². The summed E-state index contributed by atoms with van der Waals surface area (Å²) in [6.45, 7) is 0. The van der Waals surface area contributed by atoms with Gasteiger partial charge in [-0.2, -0.15) is 0 Å². The van der Waals surface area contributed by atoms with Gasteiger partial charge in [0.2, 0.25) is 0 Å². The lowest BCUT2D eigenvalue weighted by Crippen LogP contribution is -1.82. The summed E-state index contributed by atoms with van der Waals surface area (Å²) in [6.07, 6.45) is 1.46. The van der Waals surface area contributed by atoms with Crippen molar-refractivity contribution in [1.82, 2.24) is 0 Å². The van der Waals surface area contributed by atoms with Crippen LogP contribution in [0.25, 0.3) is 0 Å². The Morgan fingerprint density at radius 1 is 1.06 bits per heavy atom. The molecular weight excluding hydrogens is 318 g/mol. The molecule has 2 aromatic carbocycles.